The summed E-state index contributed by atoms with van der Waals surface area (Å²) in [6, 6.07) is 62.1. The molecule has 0 amide bonds. The lowest BCUT2D eigenvalue weighted by Crippen LogP contribution is -2.14. The second-order valence-corrected chi connectivity index (χ2v) is 16.6. The zero-order chi connectivity index (χ0) is 37.8. The van der Waals surface area contributed by atoms with Gasteiger partial charge in [-0.25, -0.2) is 9.97 Å². The normalized spacial score (nSPS) is 14.4. The summed E-state index contributed by atoms with van der Waals surface area (Å²) in [4.78, 5) is 10.7. The van der Waals surface area contributed by atoms with Crippen molar-refractivity contribution in [2.45, 2.75) is 38.5 Å². The topological polar surface area (TPSA) is 25.8 Å². The van der Waals surface area contributed by atoms with Crippen LogP contribution in [0.25, 0.3) is 88.8 Å². The highest BCUT2D eigenvalue weighted by Gasteiger charge is 2.36. The van der Waals surface area contributed by atoms with Gasteiger partial charge in [0, 0.05) is 22.0 Å². The molecule has 266 valence electrons. The molecule has 2 aliphatic carbocycles. The fraction of sp³-hybridized carbons (Fsp3) is 0.111. The maximum atomic E-state index is 5.36. The third-order valence-corrected chi connectivity index (χ3v) is 12.7. The van der Waals surface area contributed by atoms with Gasteiger partial charge in [0.25, 0.3) is 0 Å². The second kappa shape index (κ2) is 11.9. The van der Waals surface area contributed by atoms with Crippen LogP contribution in [0.3, 0.4) is 0 Å². The van der Waals surface area contributed by atoms with Crippen LogP contribution in [0.1, 0.15) is 49.9 Å². The molecule has 0 fully saturated rings. The first kappa shape index (κ1) is 32.8. The van der Waals surface area contributed by atoms with Crippen LogP contribution in [0, 0.1) is 0 Å². The van der Waals surface area contributed by atoms with Gasteiger partial charge in [0.2, 0.25) is 0 Å². The number of benzene rings is 8. The Balaban J connectivity index is 0.986. The Morgan fingerprint density at radius 2 is 0.643 bits per heavy atom. The van der Waals surface area contributed by atoms with Crippen molar-refractivity contribution in [2.75, 3.05) is 0 Å². The van der Waals surface area contributed by atoms with Crippen molar-refractivity contribution >= 4 is 21.8 Å². The number of rotatable bonds is 4. The van der Waals surface area contributed by atoms with Crippen LogP contribution in [-0.2, 0) is 10.8 Å². The Labute approximate surface area is 328 Å². The lowest BCUT2D eigenvalue weighted by molar-refractivity contribution is 0.660. The summed E-state index contributed by atoms with van der Waals surface area (Å²) in [6.07, 6.45) is 0. The lowest BCUT2D eigenvalue weighted by Gasteiger charge is -2.22. The predicted molar refractivity (Wildman–Crippen MR) is 234 cm³/mol. The molecule has 0 saturated carbocycles. The summed E-state index contributed by atoms with van der Waals surface area (Å²) >= 11 is 0. The van der Waals surface area contributed by atoms with Crippen LogP contribution in [-0.4, -0.2) is 9.97 Å². The van der Waals surface area contributed by atoms with E-state index in [-0.39, 0.29) is 10.8 Å². The Bertz CT molecular complexity index is 2850. The molecule has 56 heavy (non-hydrogen) atoms. The third kappa shape index (κ3) is 4.88. The van der Waals surface area contributed by atoms with E-state index in [1.165, 1.54) is 66.8 Å². The van der Waals surface area contributed by atoms with E-state index in [4.69, 9.17) is 9.97 Å². The number of aromatic nitrogens is 2. The summed E-state index contributed by atoms with van der Waals surface area (Å²) in [7, 11) is 0. The molecule has 0 N–H and O–H groups in total. The van der Waals surface area contributed by atoms with E-state index in [1.54, 1.807) is 0 Å². The van der Waals surface area contributed by atoms with E-state index in [1.807, 2.05) is 0 Å². The highest BCUT2D eigenvalue weighted by atomic mass is 14.8. The van der Waals surface area contributed by atoms with Crippen molar-refractivity contribution in [1.29, 1.82) is 0 Å². The molecular formula is C54H40N2. The van der Waals surface area contributed by atoms with E-state index in [2.05, 4.69) is 198 Å². The van der Waals surface area contributed by atoms with Crippen LogP contribution in [0.15, 0.2) is 170 Å². The monoisotopic (exact) mass is 716 g/mol. The molecule has 2 heteroatoms. The molecule has 0 saturated heterocycles. The van der Waals surface area contributed by atoms with Crippen LogP contribution in [0.4, 0.5) is 0 Å². The maximum Gasteiger partial charge on any atom is 0.0973 e. The number of nitrogens with zero attached hydrogens (tertiary/aromatic N) is 2. The molecule has 8 aromatic carbocycles. The minimum Gasteiger partial charge on any atom is -0.244 e. The number of fused-ring (bicyclic) bond motifs is 8. The molecule has 2 aliphatic rings. The van der Waals surface area contributed by atoms with Crippen molar-refractivity contribution < 1.29 is 0 Å². The molecule has 0 radical (unpaired) electrons. The van der Waals surface area contributed by atoms with Crippen LogP contribution in [0.2, 0.25) is 0 Å². The van der Waals surface area contributed by atoms with E-state index in [0.717, 1.165) is 44.3 Å². The van der Waals surface area contributed by atoms with Gasteiger partial charge in [-0.15, -0.1) is 0 Å². The van der Waals surface area contributed by atoms with Gasteiger partial charge < -0.3 is 0 Å². The molecule has 1 heterocycles. The highest BCUT2D eigenvalue weighted by molar-refractivity contribution is 5.97. The van der Waals surface area contributed by atoms with Crippen molar-refractivity contribution in [1.82, 2.24) is 9.97 Å². The van der Waals surface area contributed by atoms with E-state index < -0.39 is 0 Å². The summed E-state index contributed by atoms with van der Waals surface area (Å²) in [6.45, 7) is 9.36. The van der Waals surface area contributed by atoms with Gasteiger partial charge in [-0.3, -0.25) is 0 Å². The van der Waals surface area contributed by atoms with Gasteiger partial charge in [-0.05, 0) is 102 Å². The largest absolute Gasteiger partial charge is 0.244 e. The first-order chi connectivity index (χ1) is 27.2. The average Bonchev–Trinajstić information content (AvgIpc) is 3.61. The molecule has 0 unspecified atom stereocenters. The van der Waals surface area contributed by atoms with Crippen molar-refractivity contribution in [2.24, 2.45) is 0 Å². The van der Waals surface area contributed by atoms with Gasteiger partial charge >= 0.3 is 0 Å². The summed E-state index contributed by atoms with van der Waals surface area (Å²) in [5.74, 6) is 0. The molecule has 9 aromatic rings. The summed E-state index contributed by atoms with van der Waals surface area (Å²) in [5, 5.41) is 2.32. The molecule has 0 aliphatic heterocycles. The quantitative estimate of drug-likeness (QED) is 0.170. The molecule has 2 nitrogen and oxygen atoms in total. The van der Waals surface area contributed by atoms with Gasteiger partial charge in [-0.2, -0.15) is 0 Å². The van der Waals surface area contributed by atoms with Gasteiger partial charge in [0.05, 0.1) is 22.4 Å². The summed E-state index contributed by atoms with van der Waals surface area (Å²) in [5.41, 5.74) is 21.3. The molecule has 0 atom stereocenters. The van der Waals surface area contributed by atoms with E-state index in [9.17, 15) is 0 Å². The smallest absolute Gasteiger partial charge is 0.0973 e. The average molecular weight is 717 g/mol. The fourth-order valence-electron chi connectivity index (χ4n) is 9.55. The van der Waals surface area contributed by atoms with Crippen molar-refractivity contribution in [3.63, 3.8) is 0 Å². The molecule has 0 bridgehead atoms. The first-order valence-electron chi connectivity index (χ1n) is 19.6. The molecular weight excluding hydrogens is 677 g/mol. The van der Waals surface area contributed by atoms with Gasteiger partial charge in [0.15, 0.2) is 0 Å². The van der Waals surface area contributed by atoms with Crippen LogP contribution in [0.5, 0.6) is 0 Å². The first-order valence-corrected chi connectivity index (χ1v) is 19.6. The second-order valence-electron chi connectivity index (χ2n) is 16.6. The van der Waals surface area contributed by atoms with Gasteiger partial charge in [0.1, 0.15) is 0 Å². The SMILES string of the molecule is CC1(C)c2ccccc2-c2ccc(-c3ccc(-c4nc5cc6ccccc6cc5nc4-c4ccc(-c5ccc6c(c5)C(C)(C)c5ccccc5-6)cc4)cc3)cc21. The standard InChI is InChI=1S/C54H40N2/c1-53(2)45-15-9-7-13-41(45)43-27-25-39(29-47(43)53)33-17-21-35(22-18-33)51-52(56-50-32-38-12-6-5-11-37(38)31-49(50)55-51)36-23-19-34(20-24-36)40-26-28-44-42-14-8-10-16-46(42)54(3,4)48(44)30-40/h5-32H,1-4H3. The Hall–Kier alpha value is -6.64. The van der Waals surface area contributed by atoms with Crippen LogP contribution < -0.4 is 0 Å². The Morgan fingerprint density at radius 1 is 0.304 bits per heavy atom. The minimum atomic E-state index is -0.0415. The Kier molecular flexibility index (Phi) is 6.98. The highest BCUT2D eigenvalue weighted by Crippen LogP contribution is 2.51. The van der Waals surface area contributed by atoms with Crippen molar-refractivity contribution in [3.05, 3.63) is 192 Å². The van der Waals surface area contributed by atoms with E-state index in [0.29, 0.717) is 0 Å². The third-order valence-electron chi connectivity index (χ3n) is 12.7. The van der Waals surface area contributed by atoms with Crippen molar-refractivity contribution in [3.8, 4) is 67.0 Å². The molecule has 1 aromatic heterocycles. The minimum absolute atomic E-state index is 0.0415. The predicted octanol–water partition coefficient (Wildman–Crippen LogP) is 14.1. The molecule has 11 rings (SSSR count). The number of hydrogen-bond acceptors (Lipinski definition) is 2. The number of hydrogen-bond donors (Lipinski definition) is 0. The van der Waals surface area contributed by atoms with Gasteiger partial charge in [-0.1, -0.05) is 173 Å². The molecule has 0 spiro atoms. The zero-order valence-electron chi connectivity index (χ0n) is 32.1. The lowest BCUT2D eigenvalue weighted by atomic mass is 9.81. The van der Waals surface area contributed by atoms with E-state index >= 15 is 0 Å². The van der Waals surface area contributed by atoms with Crippen LogP contribution >= 0.6 is 0 Å². The summed E-state index contributed by atoms with van der Waals surface area (Å²) < 4.78 is 0. The Morgan fingerprint density at radius 3 is 1.07 bits per heavy atom. The maximum absolute atomic E-state index is 5.36. The fourth-order valence-corrected chi connectivity index (χ4v) is 9.55. The zero-order valence-corrected chi connectivity index (χ0v) is 32.1.